The van der Waals surface area contributed by atoms with E-state index in [9.17, 15) is 14.4 Å². The van der Waals surface area contributed by atoms with Gasteiger partial charge in [0.15, 0.2) is 0 Å². The highest BCUT2D eigenvalue weighted by Crippen LogP contribution is 2.15. The Morgan fingerprint density at radius 3 is 1.81 bits per heavy atom. The summed E-state index contributed by atoms with van der Waals surface area (Å²) in [5.74, 6) is -0.0897. The zero-order chi connectivity index (χ0) is 30.1. The molecule has 3 amide bonds. The van der Waals surface area contributed by atoms with Crippen LogP contribution in [0.2, 0.25) is 0 Å². The number of carbonyl (C=O) groups is 3. The molecule has 3 N–H and O–H groups in total. The second kappa shape index (κ2) is 23.4. The molecule has 0 saturated heterocycles. The number of pyridine rings is 1. The number of rotatable bonds is 24. The van der Waals surface area contributed by atoms with E-state index in [1.807, 2.05) is 42.5 Å². The largest absolute Gasteiger partial charge is 0.354 e. The molecule has 1 aromatic carbocycles. The van der Waals surface area contributed by atoms with Crippen molar-refractivity contribution in [2.75, 3.05) is 6.54 Å². The van der Waals surface area contributed by atoms with Gasteiger partial charge in [0.2, 0.25) is 17.7 Å². The van der Waals surface area contributed by atoms with Gasteiger partial charge in [0, 0.05) is 38.3 Å². The average molecular weight is 579 g/mol. The SMILES string of the molecule is CCCCCCCCCC(=O)N[C@@H](C(=O)NCCCCCCCCCCC(=O)NCc1ccncc1)c1ccccc1. The zero-order valence-corrected chi connectivity index (χ0v) is 25.9. The van der Waals surface area contributed by atoms with E-state index in [0.717, 1.165) is 62.5 Å². The summed E-state index contributed by atoms with van der Waals surface area (Å²) in [6.45, 7) is 3.39. The molecule has 0 aliphatic heterocycles. The second-order valence-electron chi connectivity index (χ2n) is 11.3. The Labute approximate surface area is 254 Å². The molecule has 0 radical (unpaired) electrons. The summed E-state index contributed by atoms with van der Waals surface area (Å²) in [5.41, 5.74) is 1.88. The Hall–Kier alpha value is -3.22. The van der Waals surface area contributed by atoms with Crippen LogP contribution in [0.3, 0.4) is 0 Å². The van der Waals surface area contributed by atoms with Crippen molar-refractivity contribution in [3.05, 3.63) is 66.0 Å². The van der Waals surface area contributed by atoms with Gasteiger partial charge in [0.1, 0.15) is 6.04 Å². The first-order chi connectivity index (χ1) is 20.6. The van der Waals surface area contributed by atoms with Gasteiger partial charge in [-0.25, -0.2) is 0 Å². The molecule has 42 heavy (non-hydrogen) atoms. The summed E-state index contributed by atoms with van der Waals surface area (Å²) in [4.78, 5) is 41.6. The predicted molar refractivity (Wildman–Crippen MR) is 171 cm³/mol. The molecular formula is C35H54N4O3. The topological polar surface area (TPSA) is 100 Å². The van der Waals surface area contributed by atoms with Crippen LogP contribution >= 0.6 is 0 Å². The van der Waals surface area contributed by atoms with Gasteiger partial charge in [-0.3, -0.25) is 19.4 Å². The first-order valence-electron chi connectivity index (χ1n) is 16.4. The lowest BCUT2D eigenvalue weighted by atomic mass is 10.0. The molecule has 7 nitrogen and oxygen atoms in total. The number of unbranched alkanes of at least 4 members (excludes halogenated alkanes) is 13. The molecular weight excluding hydrogens is 524 g/mol. The van der Waals surface area contributed by atoms with Crippen molar-refractivity contribution in [1.29, 1.82) is 0 Å². The molecule has 1 heterocycles. The normalized spacial score (nSPS) is 11.5. The number of benzene rings is 1. The standard InChI is InChI=1S/C35H54N4O3/c1-2-3-4-5-8-12-18-23-33(41)39-34(31-20-15-14-16-21-31)35(42)37-26-19-13-10-7-6-9-11-17-22-32(40)38-29-30-24-27-36-28-25-30/h14-16,20-21,24-25,27-28,34H,2-13,17-19,22-23,26,29H2,1H3,(H,37,42)(H,38,40)(H,39,41)/t34-/m1/s1. The monoisotopic (exact) mass is 578 g/mol. The van der Waals surface area contributed by atoms with E-state index < -0.39 is 6.04 Å². The summed E-state index contributed by atoms with van der Waals surface area (Å²) in [6.07, 6.45) is 21.3. The van der Waals surface area contributed by atoms with Gasteiger partial charge >= 0.3 is 0 Å². The van der Waals surface area contributed by atoms with Crippen LogP contribution in [0.15, 0.2) is 54.9 Å². The van der Waals surface area contributed by atoms with Crippen LogP contribution < -0.4 is 16.0 Å². The number of hydrogen-bond acceptors (Lipinski definition) is 4. The zero-order valence-electron chi connectivity index (χ0n) is 25.9. The van der Waals surface area contributed by atoms with Crippen molar-refractivity contribution in [2.24, 2.45) is 0 Å². The molecule has 2 rings (SSSR count). The number of hydrogen-bond donors (Lipinski definition) is 3. The Bertz CT molecular complexity index is 984. The van der Waals surface area contributed by atoms with Gasteiger partial charge in [0.25, 0.3) is 0 Å². The van der Waals surface area contributed by atoms with E-state index in [4.69, 9.17) is 0 Å². The summed E-state index contributed by atoms with van der Waals surface area (Å²) >= 11 is 0. The first kappa shape index (κ1) is 35.0. The van der Waals surface area contributed by atoms with Gasteiger partial charge in [-0.05, 0) is 42.5 Å². The molecule has 0 aliphatic carbocycles. The third-order valence-corrected chi connectivity index (χ3v) is 7.58. The van der Waals surface area contributed by atoms with Crippen LogP contribution in [0, 0.1) is 0 Å². The van der Waals surface area contributed by atoms with Gasteiger partial charge < -0.3 is 16.0 Å². The summed E-state index contributed by atoms with van der Waals surface area (Å²) in [7, 11) is 0. The van der Waals surface area contributed by atoms with Crippen molar-refractivity contribution in [2.45, 2.75) is 129 Å². The van der Waals surface area contributed by atoms with Crippen LogP contribution in [-0.2, 0) is 20.9 Å². The van der Waals surface area contributed by atoms with Gasteiger partial charge in [-0.1, -0.05) is 114 Å². The minimum Gasteiger partial charge on any atom is -0.354 e. The van der Waals surface area contributed by atoms with Crippen LogP contribution in [-0.4, -0.2) is 29.3 Å². The van der Waals surface area contributed by atoms with Crippen LogP contribution in [0.1, 0.15) is 133 Å². The number of nitrogens with zero attached hydrogens (tertiary/aromatic N) is 1. The van der Waals surface area contributed by atoms with Crippen molar-refractivity contribution >= 4 is 17.7 Å². The van der Waals surface area contributed by atoms with Crippen LogP contribution in [0.4, 0.5) is 0 Å². The average Bonchev–Trinajstić information content (AvgIpc) is 3.01. The third-order valence-electron chi connectivity index (χ3n) is 7.58. The van der Waals surface area contributed by atoms with E-state index >= 15 is 0 Å². The summed E-state index contributed by atoms with van der Waals surface area (Å²) in [6, 6.07) is 12.7. The number of nitrogens with one attached hydrogen (secondary N) is 3. The highest BCUT2D eigenvalue weighted by molar-refractivity contribution is 5.88. The molecule has 1 aromatic heterocycles. The molecule has 7 heteroatoms. The quantitative estimate of drug-likeness (QED) is 0.114. The fourth-order valence-corrected chi connectivity index (χ4v) is 5.00. The minimum atomic E-state index is -0.652. The Morgan fingerprint density at radius 2 is 1.19 bits per heavy atom. The summed E-state index contributed by atoms with van der Waals surface area (Å²) < 4.78 is 0. The second-order valence-corrected chi connectivity index (χ2v) is 11.3. The van der Waals surface area contributed by atoms with Crippen LogP contribution in [0.25, 0.3) is 0 Å². The molecule has 0 bridgehead atoms. The first-order valence-corrected chi connectivity index (χ1v) is 16.4. The van der Waals surface area contributed by atoms with E-state index in [1.165, 1.54) is 44.9 Å². The highest BCUT2D eigenvalue weighted by atomic mass is 16.2. The highest BCUT2D eigenvalue weighted by Gasteiger charge is 2.22. The molecule has 2 aromatic rings. The maximum atomic E-state index is 13.0. The summed E-state index contributed by atoms with van der Waals surface area (Å²) in [5, 5.41) is 8.97. The smallest absolute Gasteiger partial charge is 0.247 e. The van der Waals surface area contributed by atoms with Gasteiger partial charge in [-0.2, -0.15) is 0 Å². The Morgan fingerprint density at radius 1 is 0.643 bits per heavy atom. The number of aromatic nitrogens is 1. The predicted octanol–water partition coefficient (Wildman–Crippen LogP) is 7.32. The molecule has 0 spiro atoms. The lowest BCUT2D eigenvalue weighted by Crippen LogP contribution is -2.40. The molecule has 0 unspecified atom stereocenters. The molecule has 1 atom stereocenters. The Kier molecular flexibility index (Phi) is 19.4. The Balaban J connectivity index is 1.52. The minimum absolute atomic E-state index is 0.0573. The van der Waals surface area contributed by atoms with Gasteiger partial charge in [-0.15, -0.1) is 0 Å². The third kappa shape index (κ3) is 16.9. The molecule has 0 fully saturated rings. The maximum absolute atomic E-state index is 13.0. The van der Waals surface area contributed by atoms with Crippen molar-refractivity contribution in [3.8, 4) is 0 Å². The van der Waals surface area contributed by atoms with Crippen molar-refractivity contribution in [1.82, 2.24) is 20.9 Å². The molecule has 0 saturated carbocycles. The van der Waals surface area contributed by atoms with E-state index in [1.54, 1.807) is 12.4 Å². The maximum Gasteiger partial charge on any atom is 0.247 e. The number of amides is 3. The van der Waals surface area contributed by atoms with E-state index in [-0.39, 0.29) is 17.7 Å². The molecule has 0 aliphatic rings. The van der Waals surface area contributed by atoms with Crippen molar-refractivity contribution < 1.29 is 14.4 Å². The number of carbonyl (C=O) groups excluding carboxylic acids is 3. The lowest BCUT2D eigenvalue weighted by Gasteiger charge is -2.19. The van der Waals surface area contributed by atoms with E-state index in [2.05, 4.69) is 27.9 Å². The fraction of sp³-hybridized carbons (Fsp3) is 0.600. The van der Waals surface area contributed by atoms with Crippen LogP contribution in [0.5, 0.6) is 0 Å². The fourth-order valence-electron chi connectivity index (χ4n) is 5.00. The lowest BCUT2D eigenvalue weighted by molar-refractivity contribution is -0.129. The molecule has 232 valence electrons. The van der Waals surface area contributed by atoms with E-state index in [0.29, 0.717) is 25.9 Å². The van der Waals surface area contributed by atoms with Crippen molar-refractivity contribution in [3.63, 3.8) is 0 Å². The van der Waals surface area contributed by atoms with Gasteiger partial charge in [0.05, 0.1) is 0 Å².